The Kier molecular flexibility index (Phi) is 4.01. The van der Waals surface area contributed by atoms with Gasteiger partial charge in [-0.05, 0) is 47.0 Å². The molecule has 2 rings (SSSR count). The molecule has 1 unspecified atom stereocenters. The first-order valence-electron chi connectivity index (χ1n) is 5.90. The van der Waals surface area contributed by atoms with Crippen LogP contribution in [0.4, 0.5) is 0 Å². The van der Waals surface area contributed by atoms with Crippen LogP contribution in [0.1, 0.15) is 28.8 Å². The van der Waals surface area contributed by atoms with Gasteiger partial charge in [0.05, 0.1) is 5.56 Å². The number of aryl methyl sites for hydroxylation is 1. The van der Waals surface area contributed by atoms with Crippen LogP contribution in [0.2, 0.25) is 0 Å². The first-order valence-corrected chi connectivity index (χ1v) is 6.69. The van der Waals surface area contributed by atoms with Crippen LogP contribution < -0.4 is 10.6 Å². The maximum Gasteiger partial charge on any atom is 0.252 e. The van der Waals surface area contributed by atoms with E-state index >= 15 is 0 Å². The molecular formula is C13H15BrN2O2. The summed E-state index contributed by atoms with van der Waals surface area (Å²) in [6, 6.07) is 5.64. The Morgan fingerprint density at radius 1 is 1.50 bits per heavy atom. The van der Waals surface area contributed by atoms with Crippen LogP contribution in [0.25, 0.3) is 0 Å². The lowest BCUT2D eigenvalue weighted by Crippen LogP contribution is -2.47. The molecule has 1 aromatic rings. The van der Waals surface area contributed by atoms with E-state index in [-0.39, 0.29) is 17.9 Å². The van der Waals surface area contributed by atoms with E-state index in [2.05, 4.69) is 26.6 Å². The fraction of sp³-hybridized carbons (Fsp3) is 0.385. The summed E-state index contributed by atoms with van der Waals surface area (Å²) >= 11 is 3.39. The largest absolute Gasteiger partial charge is 0.354 e. The van der Waals surface area contributed by atoms with E-state index in [0.29, 0.717) is 24.9 Å². The van der Waals surface area contributed by atoms with E-state index in [9.17, 15) is 9.59 Å². The number of nitrogens with one attached hydrogen (secondary N) is 2. The predicted octanol–water partition coefficient (Wildman–Crippen LogP) is 1.77. The second-order valence-electron chi connectivity index (χ2n) is 4.50. The van der Waals surface area contributed by atoms with Crippen molar-refractivity contribution in [2.75, 3.05) is 6.54 Å². The molecule has 1 aromatic carbocycles. The maximum absolute atomic E-state index is 12.1. The van der Waals surface area contributed by atoms with Crippen molar-refractivity contribution in [2.24, 2.45) is 0 Å². The van der Waals surface area contributed by atoms with Crippen LogP contribution in [0.5, 0.6) is 0 Å². The van der Waals surface area contributed by atoms with Gasteiger partial charge in [0, 0.05) is 23.5 Å². The second-order valence-corrected chi connectivity index (χ2v) is 5.35. The molecule has 2 amide bonds. The van der Waals surface area contributed by atoms with Gasteiger partial charge in [-0.1, -0.05) is 6.07 Å². The number of hydrogen-bond acceptors (Lipinski definition) is 2. The Labute approximate surface area is 114 Å². The molecule has 1 aliphatic heterocycles. The molecule has 96 valence electrons. The lowest BCUT2D eigenvalue weighted by molar-refractivity contribution is -0.122. The van der Waals surface area contributed by atoms with Gasteiger partial charge in [-0.3, -0.25) is 9.59 Å². The zero-order valence-corrected chi connectivity index (χ0v) is 11.7. The van der Waals surface area contributed by atoms with E-state index in [1.807, 2.05) is 19.1 Å². The fourth-order valence-electron chi connectivity index (χ4n) is 1.92. The third-order valence-corrected chi connectivity index (χ3v) is 3.63. The van der Waals surface area contributed by atoms with Crippen molar-refractivity contribution in [2.45, 2.75) is 25.8 Å². The van der Waals surface area contributed by atoms with E-state index in [1.165, 1.54) is 0 Å². The Bertz CT molecular complexity index is 478. The van der Waals surface area contributed by atoms with Crippen molar-refractivity contribution in [1.82, 2.24) is 10.6 Å². The number of carbonyl (C=O) groups is 2. The molecule has 4 nitrogen and oxygen atoms in total. The Morgan fingerprint density at radius 2 is 2.28 bits per heavy atom. The fourth-order valence-corrected chi connectivity index (χ4v) is 2.60. The van der Waals surface area contributed by atoms with Crippen molar-refractivity contribution >= 4 is 27.7 Å². The summed E-state index contributed by atoms with van der Waals surface area (Å²) in [6.07, 6.45) is 1.17. The van der Waals surface area contributed by atoms with Crippen molar-refractivity contribution in [3.63, 3.8) is 0 Å². The Balaban J connectivity index is 2.01. The van der Waals surface area contributed by atoms with Gasteiger partial charge >= 0.3 is 0 Å². The number of halogens is 1. The third kappa shape index (κ3) is 3.10. The topological polar surface area (TPSA) is 58.2 Å². The summed E-state index contributed by atoms with van der Waals surface area (Å²) in [5.74, 6) is -0.0555. The molecule has 0 aromatic heterocycles. The summed E-state index contributed by atoms with van der Waals surface area (Å²) in [5, 5.41) is 5.68. The Hall–Kier alpha value is -1.36. The zero-order chi connectivity index (χ0) is 13.1. The van der Waals surface area contributed by atoms with E-state index in [4.69, 9.17) is 0 Å². The van der Waals surface area contributed by atoms with E-state index in [1.54, 1.807) is 6.07 Å². The molecule has 1 atom stereocenters. The van der Waals surface area contributed by atoms with Gasteiger partial charge in [-0.15, -0.1) is 0 Å². The number of rotatable bonds is 2. The number of amides is 2. The average molecular weight is 311 g/mol. The first-order chi connectivity index (χ1) is 8.56. The van der Waals surface area contributed by atoms with Crippen LogP contribution in [0.3, 0.4) is 0 Å². The van der Waals surface area contributed by atoms with Crippen LogP contribution in [0.15, 0.2) is 22.7 Å². The van der Waals surface area contributed by atoms with Crippen molar-refractivity contribution in [3.8, 4) is 0 Å². The minimum Gasteiger partial charge on any atom is -0.354 e. The highest BCUT2D eigenvalue weighted by molar-refractivity contribution is 9.10. The molecule has 5 heteroatoms. The van der Waals surface area contributed by atoms with Gasteiger partial charge < -0.3 is 10.6 Å². The average Bonchev–Trinajstić information content (AvgIpc) is 2.32. The standard InChI is InChI=1S/C13H15BrN2O2/c1-8-2-4-10(11(14)6-8)13(18)16-9-3-5-12(17)15-7-9/h2,4,6,9H,3,5,7H2,1H3,(H,15,17)(H,16,18). The highest BCUT2D eigenvalue weighted by Crippen LogP contribution is 2.18. The molecule has 18 heavy (non-hydrogen) atoms. The number of hydrogen-bond donors (Lipinski definition) is 2. The lowest BCUT2D eigenvalue weighted by atomic mass is 10.1. The second kappa shape index (κ2) is 5.52. The van der Waals surface area contributed by atoms with Crippen LogP contribution in [0, 0.1) is 6.92 Å². The van der Waals surface area contributed by atoms with Gasteiger partial charge in [-0.2, -0.15) is 0 Å². The highest BCUT2D eigenvalue weighted by atomic mass is 79.9. The molecule has 1 aliphatic rings. The molecule has 0 aliphatic carbocycles. The minimum absolute atomic E-state index is 0.0170. The predicted molar refractivity (Wildman–Crippen MR) is 72.4 cm³/mol. The molecule has 0 bridgehead atoms. The van der Waals surface area contributed by atoms with Crippen molar-refractivity contribution in [3.05, 3.63) is 33.8 Å². The smallest absolute Gasteiger partial charge is 0.252 e. The molecule has 0 saturated carbocycles. The highest BCUT2D eigenvalue weighted by Gasteiger charge is 2.20. The van der Waals surface area contributed by atoms with Crippen LogP contribution >= 0.6 is 15.9 Å². The molecule has 1 fully saturated rings. The SMILES string of the molecule is Cc1ccc(C(=O)NC2CCC(=O)NC2)c(Br)c1. The number of benzene rings is 1. The molecule has 2 N–H and O–H groups in total. The summed E-state index contributed by atoms with van der Waals surface area (Å²) in [7, 11) is 0. The van der Waals surface area contributed by atoms with Crippen molar-refractivity contribution in [1.29, 1.82) is 0 Å². The summed E-state index contributed by atoms with van der Waals surface area (Å²) in [6.45, 7) is 2.48. The van der Waals surface area contributed by atoms with Gasteiger partial charge in [0.1, 0.15) is 0 Å². The van der Waals surface area contributed by atoms with Crippen LogP contribution in [-0.4, -0.2) is 24.4 Å². The summed E-state index contributed by atoms with van der Waals surface area (Å²) < 4.78 is 0.792. The molecular weight excluding hydrogens is 296 g/mol. The maximum atomic E-state index is 12.1. The number of carbonyl (C=O) groups excluding carboxylic acids is 2. The normalized spacial score (nSPS) is 19.2. The van der Waals surface area contributed by atoms with Gasteiger partial charge in [-0.25, -0.2) is 0 Å². The van der Waals surface area contributed by atoms with Crippen molar-refractivity contribution < 1.29 is 9.59 Å². The van der Waals surface area contributed by atoms with E-state index < -0.39 is 0 Å². The molecule has 0 radical (unpaired) electrons. The molecule has 1 heterocycles. The Morgan fingerprint density at radius 3 is 2.89 bits per heavy atom. The third-order valence-electron chi connectivity index (χ3n) is 2.97. The minimum atomic E-state index is -0.108. The number of piperidine rings is 1. The van der Waals surface area contributed by atoms with Gasteiger partial charge in [0.25, 0.3) is 5.91 Å². The summed E-state index contributed by atoms with van der Waals surface area (Å²) in [5.41, 5.74) is 1.72. The van der Waals surface area contributed by atoms with Crippen LogP contribution in [-0.2, 0) is 4.79 Å². The quantitative estimate of drug-likeness (QED) is 0.874. The summed E-state index contributed by atoms with van der Waals surface area (Å²) in [4.78, 5) is 23.1. The lowest BCUT2D eigenvalue weighted by Gasteiger charge is -2.23. The van der Waals surface area contributed by atoms with Gasteiger partial charge in [0.2, 0.25) is 5.91 Å². The molecule has 0 spiro atoms. The van der Waals surface area contributed by atoms with E-state index in [0.717, 1.165) is 10.0 Å². The monoisotopic (exact) mass is 310 g/mol. The van der Waals surface area contributed by atoms with Gasteiger partial charge in [0.15, 0.2) is 0 Å². The molecule has 1 saturated heterocycles. The zero-order valence-electron chi connectivity index (χ0n) is 10.1. The first kappa shape index (κ1) is 13.1.